The molecular weight excluding hydrogens is 335 g/mol. The molecule has 0 heterocycles. The number of hydrogen-bond acceptors (Lipinski definition) is 3. The second-order valence-electron chi connectivity index (χ2n) is 4.81. The zero-order valence-corrected chi connectivity index (χ0v) is 13.7. The maximum atomic E-state index is 13.3. The Kier molecular flexibility index (Phi) is 4.97. The lowest BCUT2D eigenvalue weighted by molar-refractivity contribution is 0.315. The third-order valence-electron chi connectivity index (χ3n) is 3.25. The van der Waals surface area contributed by atoms with E-state index in [1.807, 2.05) is 20.8 Å². The van der Waals surface area contributed by atoms with Crippen LogP contribution >= 0.6 is 15.9 Å². The number of nitrogens with two attached hydrogens (primary N) is 1. The van der Waals surface area contributed by atoms with Crippen LogP contribution in [0.15, 0.2) is 21.5 Å². The Morgan fingerprint density at radius 2 is 1.84 bits per heavy atom. The summed E-state index contributed by atoms with van der Waals surface area (Å²) in [5, 5.41) is 0. The largest absolute Gasteiger partial charge is 0.396 e. The van der Waals surface area contributed by atoms with Gasteiger partial charge < -0.3 is 5.73 Å². The second-order valence-corrected chi connectivity index (χ2v) is 7.63. The van der Waals surface area contributed by atoms with Crippen LogP contribution in [0.5, 0.6) is 0 Å². The molecule has 0 aromatic heterocycles. The topological polar surface area (TPSA) is 63.4 Å². The van der Waals surface area contributed by atoms with Gasteiger partial charge in [0.2, 0.25) is 10.0 Å². The Hall–Kier alpha value is -0.660. The summed E-state index contributed by atoms with van der Waals surface area (Å²) < 4.78 is 39.7. The third-order valence-corrected chi connectivity index (χ3v) is 6.15. The van der Waals surface area contributed by atoms with Gasteiger partial charge in [-0.25, -0.2) is 12.8 Å². The molecule has 0 amide bonds. The predicted molar refractivity (Wildman–Crippen MR) is 77.8 cm³/mol. The zero-order valence-electron chi connectivity index (χ0n) is 11.3. The summed E-state index contributed by atoms with van der Waals surface area (Å²) in [6, 6.07) is 2.03. The second kappa shape index (κ2) is 5.76. The summed E-state index contributed by atoms with van der Waals surface area (Å²) in [7, 11) is -2.21. The smallest absolute Gasteiger partial charge is 0.244 e. The average Bonchev–Trinajstić information content (AvgIpc) is 2.31. The van der Waals surface area contributed by atoms with Gasteiger partial charge in [-0.05, 0) is 40.9 Å². The summed E-state index contributed by atoms with van der Waals surface area (Å²) in [6.07, 6.45) is 0. The molecule has 19 heavy (non-hydrogen) atoms. The lowest BCUT2D eigenvalue weighted by atomic mass is 10.1. The van der Waals surface area contributed by atoms with E-state index >= 15 is 0 Å². The summed E-state index contributed by atoms with van der Waals surface area (Å²) in [5.74, 6) is -0.485. The van der Waals surface area contributed by atoms with E-state index in [2.05, 4.69) is 15.9 Å². The molecule has 108 valence electrons. The minimum Gasteiger partial charge on any atom is -0.396 e. The van der Waals surface area contributed by atoms with Crippen molar-refractivity contribution in [2.75, 3.05) is 12.8 Å². The van der Waals surface area contributed by atoms with Gasteiger partial charge in [0.15, 0.2) is 0 Å². The molecule has 1 atom stereocenters. The van der Waals surface area contributed by atoms with Crippen molar-refractivity contribution < 1.29 is 12.8 Å². The number of anilines is 1. The van der Waals surface area contributed by atoms with Crippen molar-refractivity contribution >= 4 is 31.6 Å². The molecule has 2 N–H and O–H groups in total. The van der Waals surface area contributed by atoms with Gasteiger partial charge in [0, 0.05) is 17.6 Å². The molecule has 0 bridgehead atoms. The highest BCUT2D eigenvalue weighted by molar-refractivity contribution is 9.10. The van der Waals surface area contributed by atoms with Gasteiger partial charge in [-0.2, -0.15) is 4.31 Å². The summed E-state index contributed by atoms with van der Waals surface area (Å²) in [4.78, 5) is -0.0265. The van der Waals surface area contributed by atoms with E-state index in [0.717, 1.165) is 12.1 Å². The van der Waals surface area contributed by atoms with E-state index in [1.165, 1.54) is 11.4 Å². The van der Waals surface area contributed by atoms with Gasteiger partial charge >= 0.3 is 0 Å². The van der Waals surface area contributed by atoms with Crippen LogP contribution in [0.3, 0.4) is 0 Å². The predicted octanol–water partition coefficient (Wildman–Crippen LogP) is 2.84. The Morgan fingerprint density at radius 1 is 1.32 bits per heavy atom. The molecule has 4 nitrogen and oxygen atoms in total. The van der Waals surface area contributed by atoms with Gasteiger partial charge in [0.25, 0.3) is 0 Å². The van der Waals surface area contributed by atoms with Crippen LogP contribution in [0, 0.1) is 11.7 Å². The van der Waals surface area contributed by atoms with Gasteiger partial charge in [-0.1, -0.05) is 13.8 Å². The minimum absolute atomic E-state index is 0.0265. The van der Waals surface area contributed by atoms with Crippen LogP contribution < -0.4 is 5.73 Å². The summed E-state index contributed by atoms with van der Waals surface area (Å²) in [5.41, 5.74) is 5.26. The van der Waals surface area contributed by atoms with Crippen molar-refractivity contribution in [1.82, 2.24) is 4.31 Å². The first-order valence-corrected chi connectivity index (χ1v) is 8.05. The van der Waals surface area contributed by atoms with Gasteiger partial charge in [0.1, 0.15) is 5.82 Å². The van der Waals surface area contributed by atoms with E-state index in [1.54, 1.807) is 0 Å². The molecule has 1 aromatic carbocycles. The Bertz CT molecular complexity index is 575. The standard InChI is InChI=1S/C12H18BrFN2O2S/c1-7(2)8(3)16(4)19(17,18)12-6-11(15)10(14)5-9(12)13/h5-8H,15H2,1-4H3. The molecule has 7 heteroatoms. The SMILES string of the molecule is CC(C)C(C)N(C)S(=O)(=O)c1cc(N)c(F)cc1Br. The van der Waals surface area contributed by atoms with Gasteiger partial charge in [0.05, 0.1) is 10.6 Å². The van der Waals surface area contributed by atoms with Crippen LogP contribution in [0.25, 0.3) is 0 Å². The molecule has 1 unspecified atom stereocenters. The number of rotatable bonds is 4. The van der Waals surface area contributed by atoms with Crippen LogP contribution in [0.2, 0.25) is 0 Å². The van der Waals surface area contributed by atoms with E-state index in [0.29, 0.717) is 0 Å². The van der Waals surface area contributed by atoms with Crippen molar-refractivity contribution in [2.45, 2.75) is 31.7 Å². The number of nitrogens with zero attached hydrogens (tertiary/aromatic N) is 1. The monoisotopic (exact) mass is 352 g/mol. The Balaban J connectivity index is 3.32. The normalized spacial score (nSPS) is 14.1. The molecule has 1 rings (SSSR count). The van der Waals surface area contributed by atoms with Crippen molar-refractivity contribution in [1.29, 1.82) is 0 Å². The highest BCUT2D eigenvalue weighted by Gasteiger charge is 2.29. The molecule has 0 aliphatic rings. The third kappa shape index (κ3) is 3.27. The molecule has 0 saturated carbocycles. The van der Waals surface area contributed by atoms with Crippen LogP contribution in [0.1, 0.15) is 20.8 Å². The van der Waals surface area contributed by atoms with Gasteiger partial charge in [-0.3, -0.25) is 0 Å². The average molecular weight is 353 g/mol. The maximum absolute atomic E-state index is 13.3. The molecule has 0 aliphatic carbocycles. The zero-order chi connectivity index (χ0) is 15.0. The van der Waals surface area contributed by atoms with Crippen molar-refractivity contribution in [3.63, 3.8) is 0 Å². The number of halogens is 2. The molecule has 0 radical (unpaired) electrons. The lowest BCUT2D eigenvalue weighted by Gasteiger charge is -2.27. The fourth-order valence-electron chi connectivity index (χ4n) is 1.54. The Morgan fingerprint density at radius 3 is 2.32 bits per heavy atom. The fourth-order valence-corrected chi connectivity index (χ4v) is 4.04. The first kappa shape index (κ1) is 16.4. The van der Waals surface area contributed by atoms with Crippen molar-refractivity contribution in [3.05, 3.63) is 22.4 Å². The highest BCUT2D eigenvalue weighted by atomic mass is 79.9. The molecule has 0 aliphatic heterocycles. The lowest BCUT2D eigenvalue weighted by Crippen LogP contribution is -2.38. The fraction of sp³-hybridized carbons (Fsp3) is 0.500. The maximum Gasteiger partial charge on any atom is 0.244 e. The van der Waals surface area contributed by atoms with E-state index in [4.69, 9.17) is 5.73 Å². The molecule has 0 fully saturated rings. The summed E-state index contributed by atoms with van der Waals surface area (Å²) >= 11 is 3.07. The summed E-state index contributed by atoms with van der Waals surface area (Å²) in [6.45, 7) is 5.69. The molecule has 0 spiro atoms. The van der Waals surface area contributed by atoms with Crippen LogP contribution in [-0.4, -0.2) is 25.8 Å². The first-order valence-electron chi connectivity index (χ1n) is 5.81. The molecule has 1 aromatic rings. The quantitative estimate of drug-likeness (QED) is 0.847. The first-order chi connectivity index (χ1) is 8.59. The van der Waals surface area contributed by atoms with Gasteiger partial charge in [-0.15, -0.1) is 0 Å². The number of nitrogen functional groups attached to an aromatic ring is 1. The van der Waals surface area contributed by atoms with Crippen molar-refractivity contribution in [3.8, 4) is 0 Å². The number of benzene rings is 1. The molecule has 0 saturated heterocycles. The van der Waals surface area contributed by atoms with Crippen LogP contribution in [-0.2, 0) is 10.0 Å². The van der Waals surface area contributed by atoms with E-state index in [9.17, 15) is 12.8 Å². The highest BCUT2D eigenvalue weighted by Crippen LogP contribution is 2.30. The van der Waals surface area contributed by atoms with Crippen molar-refractivity contribution in [2.24, 2.45) is 5.92 Å². The van der Waals surface area contributed by atoms with E-state index in [-0.39, 0.29) is 27.0 Å². The number of sulfonamides is 1. The van der Waals surface area contributed by atoms with E-state index < -0.39 is 15.8 Å². The van der Waals surface area contributed by atoms with Crippen LogP contribution in [0.4, 0.5) is 10.1 Å². The Labute approximate surface area is 122 Å². The molecular formula is C12H18BrFN2O2S. The number of hydrogen-bond donors (Lipinski definition) is 1. The minimum atomic E-state index is -3.71.